The zero-order chi connectivity index (χ0) is 23.8. The van der Waals surface area contributed by atoms with E-state index in [0.717, 1.165) is 0 Å². The second-order valence-corrected chi connectivity index (χ2v) is 10.5. The molecule has 4 rings (SSSR count). The maximum atomic E-state index is 12.5. The number of benzene rings is 1. The summed E-state index contributed by atoms with van der Waals surface area (Å²) in [5.41, 5.74) is 6.61. The van der Waals surface area contributed by atoms with Crippen molar-refractivity contribution in [3.05, 3.63) is 52.5 Å². The largest absolute Gasteiger partial charge is 0.364 e. The van der Waals surface area contributed by atoms with E-state index in [4.69, 9.17) is 28.9 Å². The minimum Gasteiger partial charge on any atom is -0.364 e. The molecule has 1 aliphatic rings. The molecule has 2 amide bonds. The Bertz CT molecular complexity index is 1300. The van der Waals surface area contributed by atoms with Crippen LogP contribution in [0.4, 0.5) is 11.4 Å². The number of carbonyl (C=O) groups excluding carboxylic acids is 2. The molecule has 1 aromatic carbocycles. The van der Waals surface area contributed by atoms with Crippen molar-refractivity contribution < 1.29 is 18.0 Å². The Labute approximate surface area is 199 Å². The lowest BCUT2D eigenvalue weighted by atomic mass is 10.3. The maximum Gasteiger partial charge on any atom is 0.271 e. The van der Waals surface area contributed by atoms with E-state index >= 15 is 0 Å². The lowest BCUT2D eigenvalue weighted by Gasteiger charge is -2.26. The van der Waals surface area contributed by atoms with Crippen molar-refractivity contribution in [2.45, 2.75) is 6.54 Å². The lowest BCUT2D eigenvalue weighted by Crippen LogP contribution is -2.45. The highest BCUT2D eigenvalue weighted by Gasteiger charge is 2.25. The molecule has 3 aromatic rings. The molecule has 3 heterocycles. The third kappa shape index (κ3) is 5.13. The molecule has 174 valence electrons. The highest BCUT2D eigenvalue weighted by molar-refractivity contribution is 7.91. The molecule has 0 aliphatic carbocycles. The number of aromatic nitrogens is 4. The van der Waals surface area contributed by atoms with E-state index in [0.29, 0.717) is 27.1 Å². The monoisotopic (exact) mass is 511 g/mol. The quantitative estimate of drug-likeness (QED) is 0.509. The van der Waals surface area contributed by atoms with Crippen LogP contribution in [0.5, 0.6) is 0 Å². The van der Waals surface area contributed by atoms with Crippen LogP contribution >= 0.6 is 23.2 Å². The molecule has 0 bridgehead atoms. The van der Waals surface area contributed by atoms with Crippen LogP contribution in [-0.4, -0.2) is 69.3 Å². The molecule has 3 N–H and O–H groups in total. The number of anilines is 2. The number of halogens is 2. The van der Waals surface area contributed by atoms with E-state index in [9.17, 15) is 18.0 Å². The van der Waals surface area contributed by atoms with Crippen molar-refractivity contribution in [2.24, 2.45) is 5.73 Å². The molecule has 0 saturated carbocycles. The first kappa shape index (κ1) is 23.1. The summed E-state index contributed by atoms with van der Waals surface area (Å²) in [5.74, 6) is -1.08. The topological polar surface area (TPSA) is 145 Å². The van der Waals surface area contributed by atoms with Gasteiger partial charge in [0, 0.05) is 19.3 Å². The highest BCUT2D eigenvalue weighted by atomic mass is 35.5. The van der Waals surface area contributed by atoms with E-state index in [1.807, 2.05) is 0 Å². The fraction of sp³-hybridized carbons (Fsp3) is 0.263. The van der Waals surface area contributed by atoms with Crippen LogP contribution in [0, 0.1) is 0 Å². The van der Waals surface area contributed by atoms with Gasteiger partial charge in [0.1, 0.15) is 12.2 Å². The molecular formula is C19H19Cl2N7O4S. The zero-order valence-electron chi connectivity index (χ0n) is 17.1. The van der Waals surface area contributed by atoms with Crippen molar-refractivity contribution in [3.63, 3.8) is 0 Å². The number of para-hydroxylation sites is 1. The molecule has 1 aliphatic heterocycles. The predicted octanol–water partition coefficient (Wildman–Crippen LogP) is 1.48. The second kappa shape index (κ2) is 9.04. The summed E-state index contributed by atoms with van der Waals surface area (Å²) in [7, 11) is -3.08. The highest BCUT2D eigenvalue weighted by Crippen LogP contribution is 2.30. The van der Waals surface area contributed by atoms with Gasteiger partial charge in [0.15, 0.2) is 15.5 Å². The third-order valence-corrected chi connectivity index (χ3v) is 7.24. The molecular weight excluding hydrogens is 493 g/mol. The van der Waals surface area contributed by atoms with Gasteiger partial charge >= 0.3 is 0 Å². The first-order valence-corrected chi connectivity index (χ1v) is 12.3. The number of rotatable bonds is 6. The Morgan fingerprint density at radius 1 is 1.12 bits per heavy atom. The SMILES string of the molecule is NC(=O)c1nn(-c2c(Cl)cccc2Cl)cc1Nc1cnn(CC(=O)N2CCS(=O)(=O)CC2)c1. The Morgan fingerprint density at radius 3 is 2.42 bits per heavy atom. The zero-order valence-corrected chi connectivity index (χ0v) is 19.4. The van der Waals surface area contributed by atoms with Crippen molar-refractivity contribution in [3.8, 4) is 5.69 Å². The standard InChI is InChI=1S/C19H19Cl2N7O4S/c20-13-2-1-3-14(21)18(13)28-10-15(17(25-28)19(22)30)24-12-8-23-27(9-12)11-16(29)26-4-6-33(31,32)7-5-26/h1-3,8-10,24H,4-7,11H2,(H2,22,30). The van der Waals surface area contributed by atoms with Gasteiger partial charge in [-0.25, -0.2) is 13.1 Å². The fourth-order valence-corrected chi connectivity index (χ4v) is 5.11. The van der Waals surface area contributed by atoms with Crippen LogP contribution in [-0.2, 0) is 21.2 Å². The first-order chi connectivity index (χ1) is 15.6. The van der Waals surface area contributed by atoms with Crippen LogP contribution in [0.3, 0.4) is 0 Å². The molecule has 11 nitrogen and oxygen atoms in total. The number of amides is 2. The molecule has 33 heavy (non-hydrogen) atoms. The van der Waals surface area contributed by atoms with E-state index < -0.39 is 15.7 Å². The molecule has 1 fully saturated rings. The van der Waals surface area contributed by atoms with E-state index in [1.54, 1.807) is 24.4 Å². The Morgan fingerprint density at radius 2 is 1.79 bits per heavy atom. The van der Waals surface area contributed by atoms with Gasteiger partial charge in [-0.05, 0) is 12.1 Å². The van der Waals surface area contributed by atoms with E-state index in [-0.39, 0.29) is 42.7 Å². The first-order valence-electron chi connectivity index (χ1n) is 9.74. The predicted molar refractivity (Wildman–Crippen MR) is 123 cm³/mol. The summed E-state index contributed by atoms with van der Waals surface area (Å²) in [5, 5.41) is 12.0. The van der Waals surface area contributed by atoms with Gasteiger partial charge in [-0.2, -0.15) is 10.2 Å². The van der Waals surface area contributed by atoms with Gasteiger partial charge < -0.3 is 16.0 Å². The number of nitrogens with one attached hydrogen (secondary N) is 1. The Kier molecular flexibility index (Phi) is 6.32. The van der Waals surface area contributed by atoms with Crippen LogP contribution in [0.2, 0.25) is 10.0 Å². The van der Waals surface area contributed by atoms with Gasteiger partial charge in [0.25, 0.3) is 5.91 Å². The summed E-state index contributed by atoms with van der Waals surface area (Å²) in [6.45, 7) is 0.275. The number of hydrogen-bond acceptors (Lipinski definition) is 7. The average molecular weight is 512 g/mol. The smallest absolute Gasteiger partial charge is 0.271 e. The van der Waals surface area contributed by atoms with Crippen LogP contribution in [0.25, 0.3) is 5.69 Å². The molecule has 0 radical (unpaired) electrons. The molecule has 0 unspecified atom stereocenters. The van der Waals surface area contributed by atoms with Crippen molar-refractivity contribution in [2.75, 3.05) is 29.9 Å². The maximum absolute atomic E-state index is 12.5. The summed E-state index contributed by atoms with van der Waals surface area (Å²) in [6.07, 6.45) is 4.56. The average Bonchev–Trinajstić information content (AvgIpc) is 3.35. The number of nitrogens with zero attached hydrogens (tertiary/aromatic N) is 5. The van der Waals surface area contributed by atoms with Gasteiger partial charge in [0.05, 0.1) is 45.3 Å². The summed E-state index contributed by atoms with van der Waals surface area (Å²) in [4.78, 5) is 25.9. The number of carbonyl (C=O) groups is 2. The normalized spacial score (nSPS) is 15.4. The molecule has 1 saturated heterocycles. The van der Waals surface area contributed by atoms with E-state index in [2.05, 4.69) is 15.5 Å². The fourth-order valence-electron chi connectivity index (χ4n) is 3.34. The van der Waals surface area contributed by atoms with Gasteiger partial charge in [-0.1, -0.05) is 29.3 Å². The van der Waals surface area contributed by atoms with Crippen molar-refractivity contribution in [1.82, 2.24) is 24.5 Å². The van der Waals surface area contributed by atoms with Gasteiger partial charge in [-0.3, -0.25) is 14.3 Å². The second-order valence-electron chi connectivity index (χ2n) is 7.35. The number of sulfone groups is 1. The van der Waals surface area contributed by atoms with Gasteiger partial charge in [-0.15, -0.1) is 0 Å². The van der Waals surface area contributed by atoms with Crippen LogP contribution < -0.4 is 11.1 Å². The summed E-state index contributed by atoms with van der Waals surface area (Å²) in [6, 6.07) is 4.96. The minimum absolute atomic E-state index is 0.0376. The lowest BCUT2D eigenvalue weighted by molar-refractivity contribution is -0.131. The van der Waals surface area contributed by atoms with Gasteiger partial charge in [0.2, 0.25) is 5.91 Å². The molecule has 0 spiro atoms. The van der Waals surface area contributed by atoms with Crippen LogP contribution in [0.15, 0.2) is 36.8 Å². The Hall–Kier alpha value is -3.09. The molecule has 0 atom stereocenters. The van der Waals surface area contributed by atoms with Crippen molar-refractivity contribution in [1.29, 1.82) is 0 Å². The summed E-state index contributed by atoms with van der Waals surface area (Å²) >= 11 is 12.5. The minimum atomic E-state index is -3.08. The van der Waals surface area contributed by atoms with Crippen molar-refractivity contribution >= 4 is 56.2 Å². The van der Waals surface area contributed by atoms with E-state index in [1.165, 1.54) is 26.7 Å². The number of primary amides is 1. The van der Waals surface area contributed by atoms with Crippen LogP contribution in [0.1, 0.15) is 10.5 Å². The number of nitrogens with two attached hydrogens (primary N) is 1. The molecule has 14 heteroatoms. The molecule has 2 aromatic heterocycles. The summed E-state index contributed by atoms with van der Waals surface area (Å²) < 4.78 is 25.8. The third-order valence-electron chi connectivity index (χ3n) is 5.02. The number of hydrogen-bond donors (Lipinski definition) is 2. The Balaban J connectivity index is 1.50.